The first-order valence-corrected chi connectivity index (χ1v) is 11.2. The van der Waals surface area contributed by atoms with Crippen molar-refractivity contribution >= 4 is 11.6 Å². The van der Waals surface area contributed by atoms with Crippen molar-refractivity contribution in [3.63, 3.8) is 0 Å². The number of carbonyl (C=O) groups excluding carboxylic acids is 1. The lowest BCUT2D eigenvalue weighted by molar-refractivity contribution is -0.918. The summed E-state index contributed by atoms with van der Waals surface area (Å²) in [5.41, 5.74) is 8.78. The first kappa shape index (κ1) is 19.3. The highest BCUT2D eigenvalue weighted by Gasteiger charge is 2.25. The molecule has 5 rings (SSSR count). The molecule has 1 aliphatic carbocycles. The van der Waals surface area contributed by atoms with Gasteiger partial charge in [0.1, 0.15) is 12.2 Å². The number of fused-ring (bicyclic) bond motifs is 2. The Balaban J connectivity index is 1.20. The van der Waals surface area contributed by atoms with Crippen LogP contribution in [0.15, 0.2) is 36.5 Å². The average molecular weight is 404 g/mol. The summed E-state index contributed by atoms with van der Waals surface area (Å²) in [6.45, 7) is 8.86. The van der Waals surface area contributed by atoms with Gasteiger partial charge in [0.05, 0.1) is 44.0 Å². The molecule has 156 valence electrons. The van der Waals surface area contributed by atoms with Gasteiger partial charge in [0.2, 0.25) is 5.91 Å². The number of imidazole rings is 1. The number of aryl methyl sites for hydroxylation is 4. The highest BCUT2D eigenvalue weighted by atomic mass is 16.2. The number of nitrogens with zero attached hydrogens (tertiary/aromatic N) is 3. The molecule has 2 aliphatic rings. The minimum Gasteiger partial charge on any atom is -0.331 e. The summed E-state index contributed by atoms with van der Waals surface area (Å²) in [6, 6.07) is 10.9. The molecule has 0 bridgehead atoms. The van der Waals surface area contributed by atoms with E-state index in [1.54, 1.807) is 0 Å². The summed E-state index contributed by atoms with van der Waals surface area (Å²) in [5.74, 6) is 0.272. The largest absolute Gasteiger partial charge is 0.331 e. The third-order valence-corrected chi connectivity index (χ3v) is 6.82. The van der Waals surface area contributed by atoms with Gasteiger partial charge in [-0.2, -0.15) is 0 Å². The lowest BCUT2D eigenvalue weighted by atomic mass is 10.0. The zero-order valence-corrected chi connectivity index (χ0v) is 18.1. The van der Waals surface area contributed by atoms with Crippen LogP contribution in [0.2, 0.25) is 0 Å². The molecular weight excluding hydrogens is 372 g/mol. The molecule has 1 fully saturated rings. The zero-order chi connectivity index (χ0) is 20.7. The summed E-state index contributed by atoms with van der Waals surface area (Å²) in [7, 11) is 0. The second-order valence-electron chi connectivity index (χ2n) is 9.02. The number of nitrogens with one attached hydrogen (secondary N) is 1. The number of pyridine rings is 1. The summed E-state index contributed by atoms with van der Waals surface area (Å²) < 4.78 is 2.24. The van der Waals surface area contributed by atoms with Crippen LogP contribution in [0.4, 0.5) is 0 Å². The van der Waals surface area contributed by atoms with E-state index in [2.05, 4.69) is 59.7 Å². The van der Waals surface area contributed by atoms with Gasteiger partial charge in [0.15, 0.2) is 0 Å². The fourth-order valence-corrected chi connectivity index (χ4v) is 5.04. The Morgan fingerprint density at radius 2 is 1.87 bits per heavy atom. The number of rotatable bonds is 4. The minimum atomic E-state index is 0.272. The molecule has 1 aromatic carbocycles. The monoisotopic (exact) mass is 403 g/mol. The Hall–Kier alpha value is -2.66. The van der Waals surface area contributed by atoms with E-state index >= 15 is 0 Å². The maximum Gasteiger partial charge on any atom is 0.227 e. The first-order chi connectivity index (χ1) is 14.6. The first-order valence-electron chi connectivity index (χ1n) is 11.2. The van der Waals surface area contributed by atoms with Gasteiger partial charge in [0, 0.05) is 6.20 Å². The molecule has 30 heavy (non-hydrogen) atoms. The number of aromatic nitrogens is 2. The molecule has 1 saturated heterocycles. The van der Waals surface area contributed by atoms with Gasteiger partial charge >= 0.3 is 0 Å². The molecule has 1 amide bonds. The van der Waals surface area contributed by atoms with Crippen molar-refractivity contribution in [2.75, 3.05) is 26.2 Å². The molecule has 5 nitrogen and oxygen atoms in total. The van der Waals surface area contributed by atoms with Crippen molar-refractivity contribution in [3.05, 3.63) is 70.2 Å². The fourth-order valence-electron chi connectivity index (χ4n) is 5.04. The van der Waals surface area contributed by atoms with E-state index in [9.17, 15) is 4.79 Å². The third-order valence-electron chi connectivity index (χ3n) is 6.82. The highest BCUT2D eigenvalue weighted by molar-refractivity contribution is 5.79. The lowest BCUT2D eigenvalue weighted by Crippen LogP contribution is -3.13. The molecule has 3 heterocycles. The highest BCUT2D eigenvalue weighted by Crippen LogP contribution is 2.23. The van der Waals surface area contributed by atoms with Crippen LogP contribution in [0.25, 0.3) is 5.65 Å². The van der Waals surface area contributed by atoms with E-state index in [0.717, 1.165) is 44.1 Å². The van der Waals surface area contributed by atoms with Gasteiger partial charge in [-0.25, -0.2) is 4.98 Å². The molecule has 0 atom stereocenters. The van der Waals surface area contributed by atoms with Crippen LogP contribution in [0.5, 0.6) is 0 Å². The van der Waals surface area contributed by atoms with Crippen molar-refractivity contribution < 1.29 is 9.69 Å². The Morgan fingerprint density at radius 1 is 1.07 bits per heavy atom. The summed E-state index contributed by atoms with van der Waals surface area (Å²) in [6.07, 6.45) is 6.33. The fraction of sp³-hybridized carbons (Fsp3) is 0.440. The molecule has 3 aromatic rings. The summed E-state index contributed by atoms with van der Waals surface area (Å²) in [4.78, 5) is 21.2. The van der Waals surface area contributed by atoms with E-state index < -0.39 is 0 Å². The average Bonchev–Trinajstić information content (AvgIpc) is 3.32. The van der Waals surface area contributed by atoms with E-state index in [4.69, 9.17) is 4.98 Å². The number of hydrogen-bond donors (Lipinski definition) is 1. The third kappa shape index (κ3) is 3.74. The predicted molar refractivity (Wildman–Crippen MR) is 118 cm³/mol. The molecule has 0 spiro atoms. The van der Waals surface area contributed by atoms with Gasteiger partial charge in [-0.1, -0.05) is 24.3 Å². The molecule has 0 unspecified atom stereocenters. The maximum atomic E-state index is 12.9. The van der Waals surface area contributed by atoms with Crippen LogP contribution in [0.3, 0.4) is 0 Å². The smallest absolute Gasteiger partial charge is 0.227 e. The van der Waals surface area contributed by atoms with Crippen LogP contribution in [-0.4, -0.2) is 46.4 Å². The van der Waals surface area contributed by atoms with Crippen molar-refractivity contribution in [1.29, 1.82) is 0 Å². The molecule has 2 aromatic heterocycles. The van der Waals surface area contributed by atoms with Gasteiger partial charge in [-0.15, -0.1) is 0 Å². The molecule has 5 heteroatoms. The number of carbonyl (C=O) groups is 1. The SMILES string of the molecule is Cc1ccc2nc(C)c(C[NH+]3CCN(C(=O)Cc4ccc5c(c4)CCC5)CC3)n2c1. The van der Waals surface area contributed by atoms with Gasteiger partial charge < -0.3 is 9.80 Å². The van der Waals surface area contributed by atoms with Crippen molar-refractivity contribution in [2.45, 2.75) is 46.1 Å². The molecule has 1 aliphatic heterocycles. The van der Waals surface area contributed by atoms with Crippen LogP contribution in [-0.2, 0) is 30.6 Å². The number of hydrogen-bond acceptors (Lipinski definition) is 2. The lowest BCUT2D eigenvalue weighted by Gasteiger charge is -2.32. The second-order valence-corrected chi connectivity index (χ2v) is 9.02. The Bertz CT molecular complexity index is 1090. The summed E-state index contributed by atoms with van der Waals surface area (Å²) in [5, 5.41) is 0. The Morgan fingerprint density at radius 3 is 2.70 bits per heavy atom. The van der Waals surface area contributed by atoms with E-state index in [1.165, 1.54) is 52.1 Å². The van der Waals surface area contributed by atoms with E-state index in [1.807, 2.05) is 0 Å². The second kappa shape index (κ2) is 7.88. The van der Waals surface area contributed by atoms with Gasteiger partial charge in [-0.05, 0) is 61.4 Å². The zero-order valence-electron chi connectivity index (χ0n) is 18.1. The number of quaternary nitrogens is 1. The molecule has 0 saturated carbocycles. The molecule has 0 radical (unpaired) electrons. The quantitative estimate of drug-likeness (QED) is 0.723. The van der Waals surface area contributed by atoms with Crippen LogP contribution in [0.1, 0.15) is 40.1 Å². The minimum absolute atomic E-state index is 0.272. The van der Waals surface area contributed by atoms with Crippen molar-refractivity contribution in [1.82, 2.24) is 14.3 Å². The standard InChI is InChI=1S/C25H30N4O/c1-18-6-9-24-26-19(2)23(29(24)16-18)17-27-10-12-28(13-11-27)25(30)15-20-7-8-21-4-3-5-22(21)14-20/h6-9,14,16H,3-5,10-13,15,17H2,1-2H3/p+1. The Kier molecular flexibility index (Phi) is 5.07. The van der Waals surface area contributed by atoms with Gasteiger partial charge in [-0.3, -0.25) is 9.20 Å². The number of benzene rings is 1. The molecule has 1 N–H and O–H groups in total. The van der Waals surface area contributed by atoms with E-state index in [0.29, 0.717) is 6.42 Å². The van der Waals surface area contributed by atoms with Crippen molar-refractivity contribution in [2.24, 2.45) is 0 Å². The van der Waals surface area contributed by atoms with Crippen LogP contribution < -0.4 is 4.90 Å². The van der Waals surface area contributed by atoms with Crippen molar-refractivity contribution in [3.8, 4) is 0 Å². The topological polar surface area (TPSA) is 42.0 Å². The predicted octanol–water partition coefficient (Wildman–Crippen LogP) is 1.91. The maximum absolute atomic E-state index is 12.9. The number of piperazine rings is 1. The van der Waals surface area contributed by atoms with Gasteiger partial charge in [0.25, 0.3) is 0 Å². The molecular formula is C25H31N4O+. The van der Waals surface area contributed by atoms with Crippen LogP contribution in [0, 0.1) is 13.8 Å². The Labute approximate surface area is 178 Å². The van der Waals surface area contributed by atoms with E-state index in [-0.39, 0.29) is 5.91 Å². The normalized spacial score (nSPS) is 16.9. The van der Waals surface area contributed by atoms with Crippen LogP contribution >= 0.6 is 0 Å². The number of amides is 1. The summed E-state index contributed by atoms with van der Waals surface area (Å²) >= 11 is 0.